The number of nitrogens with two attached hydrogens (primary N) is 1. The second-order valence-electron chi connectivity index (χ2n) is 9.09. The number of aromatic carboxylic acids is 1. The van der Waals surface area contributed by atoms with Gasteiger partial charge >= 0.3 is 5.97 Å². The zero-order valence-corrected chi connectivity index (χ0v) is 21.9. The lowest BCUT2D eigenvalue weighted by atomic mass is 9.96. The molecule has 194 valence electrons. The van der Waals surface area contributed by atoms with Crippen molar-refractivity contribution in [2.24, 2.45) is 11.1 Å². The topological polar surface area (TPSA) is 128 Å². The third-order valence-corrected chi connectivity index (χ3v) is 8.00. The summed E-state index contributed by atoms with van der Waals surface area (Å²) in [6.07, 6.45) is 3.13. The molecule has 0 aliphatic heterocycles. The highest BCUT2D eigenvalue weighted by molar-refractivity contribution is 7.89. The summed E-state index contributed by atoms with van der Waals surface area (Å²) in [7, 11) is -3.90. The molecule has 4 aromatic rings. The summed E-state index contributed by atoms with van der Waals surface area (Å²) in [5, 5.41) is 21.5. The second kappa shape index (κ2) is 10.1. The van der Waals surface area contributed by atoms with Gasteiger partial charge in [0.2, 0.25) is 15.2 Å². The molecule has 3 N–H and O–H groups in total. The Morgan fingerprint density at radius 2 is 2.05 bits per heavy atom. The first-order valence-corrected chi connectivity index (χ1v) is 14.2. The van der Waals surface area contributed by atoms with E-state index < -0.39 is 21.8 Å². The highest BCUT2D eigenvalue weighted by atomic mass is 32.2. The van der Waals surface area contributed by atoms with E-state index in [0.29, 0.717) is 40.7 Å². The Kier molecular flexibility index (Phi) is 6.88. The van der Waals surface area contributed by atoms with E-state index >= 15 is 0 Å². The molecule has 1 fully saturated rings. The molecule has 1 saturated carbocycles. The van der Waals surface area contributed by atoms with Crippen molar-refractivity contribution in [1.82, 2.24) is 14.8 Å². The van der Waals surface area contributed by atoms with Crippen LogP contribution in [0.2, 0.25) is 0 Å². The number of thiazole rings is 1. The molecular weight excluding hydrogens is 527 g/mol. The van der Waals surface area contributed by atoms with Crippen LogP contribution in [0.5, 0.6) is 0 Å². The summed E-state index contributed by atoms with van der Waals surface area (Å²) in [6.45, 7) is 1.63. The zero-order chi connectivity index (χ0) is 27.0. The number of sulfonamides is 1. The standard InChI is InChI=1S/C27H23FN4O4S2/c1-2-4-18-14-19(9-10-22(18)28)25-21(12-17-5-3-6-20(11-17)38(29,35)36)24(13-16-7-8-16)32(31-25)27-30-23(15-37-27)26(33)34/h3,5-6,9-11,14-16H,7-8,12-13H2,1H3,(H,33,34)(H2,29,35,36). The van der Waals surface area contributed by atoms with Crippen LogP contribution in [0, 0.1) is 23.6 Å². The molecule has 8 nitrogen and oxygen atoms in total. The van der Waals surface area contributed by atoms with Crippen LogP contribution in [0.4, 0.5) is 4.39 Å². The average Bonchev–Trinajstić information content (AvgIpc) is 3.43. The molecule has 0 radical (unpaired) electrons. The van der Waals surface area contributed by atoms with Gasteiger partial charge in [-0.25, -0.2) is 32.4 Å². The third kappa shape index (κ3) is 5.38. The number of aromatic nitrogens is 3. The number of nitrogens with zero attached hydrogens (tertiary/aromatic N) is 3. The monoisotopic (exact) mass is 550 g/mol. The number of halogens is 1. The first-order valence-electron chi connectivity index (χ1n) is 11.8. The minimum Gasteiger partial charge on any atom is -0.476 e. The van der Waals surface area contributed by atoms with Crippen LogP contribution in [0.1, 0.15) is 52.6 Å². The molecule has 1 aliphatic carbocycles. The molecule has 2 heterocycles. The fourth-order valence-corrected chi connectivity index (χ4v) is 5.62. The van der Waals surface area contributed by atoms with E-state index in [0.717, 1.165) is 24.1 Å². The lowest BCUT2D eigenvalue weighted by Crippen LogP contribution is -2.12. The predicted molar refractivity (Wildman–Crippen MR) is 141 cm³/mol. The van der Waals surface area contributed by atoms with Crippen LogP contribution >= 0.6 is 11.3 Å². The molecule has 38 heavy (non-hydrogen) atoms. The number of hydrogen-bond donors (Lipinski definition) is 2. The Bertz CT molecular complexity index is 1730. The molecule has 1 aliphatic rings. The average molecular weight is 551 g/mol. The molecule has 0 saturated heterocycles. The van der Waals surface area contributed by atoms with Gasteiger partial charge in [0.1, 0.15) is 5.82 Å². The van der Waals surface area contributed by atoms with Crippen molar-refractivity contribution in [2.75, 3.05) is 0 Å². The van der Waals surface area contributed by atoms with E-state index in [2.05, 4.69) is 16.8 Å². The molecule has 0 amide bonds. The van der Waals surface area contributed by atoms with Crippen LogP contribution in [-0.4, -0.2) is 34.3 Å². The lowest BCUT2D eigenvalue weighted by molar-refractivity contribution is 0.0691. The molecule has 2 aromatic heterocycles. The number of carboxylic acids is 1. The van der Waals surface area contributed by atoms with Crippen LogP contribution < -0.4 is 5.14 Å². The molecular formula is C27H23FN4O4S2. The van der Waals surface area contributed by atoms with E-state index in [9.17, 15) is 22.7 Å². The molecule has 5 rings (SSSR count). The number of hydrogen-bond acceptors (Lipinski definition) is 6. The van der Waals surface area contributed by atoms with Crippen molar-refractivity contribution in [3.8, 4) is 28.2 Å². The third-order valence-electron chi connectivity index (χ3n) is 6.27. The molecule has 0 bridgehead atoms. The Hall–Kier alpha value is -3.85. The Morgan fingerprint density at radius 3 is 2.71 bits per heavy atom. The lowest BCUT2D eigenvalue weighted by Gasteiger charge is -2.10. The highest BCUT2D eigenvalue weighted by Gasteiger charge is 2.29. The summed E-state index contributed by atoms with van der Waals surface area (Å²) in [6, 6.07) is 11.0. The molecule has 0 unspecified atom stereocenters. The first kappa shape index (κ1) is 25.8. The van der Waals surface area contributed by atoms with E-state index in [4.69, 9.17) is 10.2 Å². The van der Waals surface area contributed by atoms with Crippen LogP contribution in [-0.2, 0) is 22.9 Å². The van der Waals surface area contributed by atoms with Gasteiger partial charge in [-0.05, 0) is 68.0 Å². The smallest absolute Gasteiger partial charge is 0.355 e. The quantitative estimate of drug-likeness (QED) is 0.313. The van der Waals surface area contributed by atoms with Gasteiger partial charge < -0.3 is 5.11 Å². The number of benzene rings is 2. The maximum atomic E-state index is 14.4. The van der Waals surface area contributed by atoms with E-state index in [1.54, 1.807) is 35.9 Å². The van der Waals surface area contributed by atoms with Crippen LogP contribution in [0.25, 0.3) is 16.4 Å². The minimum absolute atomic E-state index is 0.000923. The van der Waals surface area contributed by atoms with Crippen LogP contribution in [0.3, 0.4) is 0 Å². The van der Waals surface area contributed by atoms with Gasteiger partial charge in [-0.15, -0.1) is 17.3 Å². The van der Waals surface area contributed by atoms with Crippen LogP contribution in [0.15, 0.2) is 52.7 Å². The Balaban J connectivity index is 1.72. The summed E-state index contributed by atoms with van der Waals surface area (Å²) in [5.74, 6) is 4.36. The maximum absolute atomic E-state index is 14.4. The second-order valence-corrected chi connectivity index (χ2v) is 11.5. The number of rotatable bonds is 8. The predicted octanol–water partition coefficient (Wildman–Crippen LogP) is 4.40. The van der Waals surface area contributed by atoms with Gasteiger partial charge in [0.25, 0.3) is 0 Å². The van der Waals surface area contributed by atoms with Gasteiger partial charge in [0.15, 0.2) is 5.69 Å². The molecule has 0 atom stereocenters. The van der Waals surface area contributed by atoms with Crippen molar-refractivity contribution in [1.29, 1.82) is 0 Å². The summed E-state index contributed by atoms with van der Waals surface area (Å²) >= 11 is 1.17. The Morgan fingerprint density at radius 1 is 1.26 bits per heavy atom. The van der Waals surface area contributed by atoms with E-state index in [1.807, 2.05) is 0 Å². The summed E-state index contributed by atoms with van der Waals surface area (Å²) < 4.78 is 40.1. The van der Waals surface area contributed by atoms with Gasteiger partial charge in [-0.1, -0.05) is 18.1 Å². The summed E-state index contributed by atoms with van der Waals surface area (Å²) in [4.78, 5) is 15.8. The minimum atomic E-state index is -3.90. The van der Waals surface area contributed by atoms with Gasteiger partial charge in [-0.3, -0.25) is 0 Å². The Labute approximate surface area is 223 Å². The zero-order valence-electron chi connectivity index (χ0n) is 20.3. The van der Waals surface area contributed by atoms with Gasteiger partial charge in [-0.2, -0.15) is 5.10 Å². The van der Waals surface area contributed by atoms with Crippen molar-refractivity contribution < 1.29 is 22.7 Å². The van der Waals surface area contributed by atoms with E-state index in [-0.39, 0.29) is 16.2 Å². The van der Waals surface area contributed by atoms with Gasteiger partial charge in [0.05, 0.1) is 21.8 Å². The fourth-order valence-electron chi connectivity index (χ4n) is 4.27. The highest BCUT2D eigenvalue weighted by Crippen LogP contribution is 2.38. The van der Waals surface area contributed by atoms with Gasteiger partial charge in [0, 0.05) is 22.9 Å². The summed E-state index contributed by atoms with van der Waals surface area (Å²) in [5.41, 5.74) is 3.72. The van der Waals surface area contributed by atoms with Crippen molar-refractivity contribution >= 4 is 27.3 Å². The number of carbonyl (C=O) groups is 1. The first-order chi connectivity index (χ1) is 18.1. The largest absolute Gasteiger partial charge is 0.476 e. The molecule has 11 heteroatoms. The number of carboxylic acid groups (broad SMARTS) is 1. The van der Waals surface area contributed by atoms with E-state index in [1.165, 1.54) is 34.9 Å². The van der Waals surface area contributed by atoms with Crippen molar-refractivity contribution in [3.05, 3.63) is 81.7 Å². The number of primary sulfonamides is 1. The maximum Gasteiger partial charge on any atom is 0.355 e. The SMILES string of the molecule is CC#Cc1cc(-c2nn(-c3nc(C(=O)O)cs3)c(CC3CC3)c2Cc2cccc(S(N)(=O)=O)c2)ccc1F. The van der Waals surface area contributed by atoms with Crippen molar-refractivity contribution in [3.63, 3.8) is 0 Å². The van der Waals surface area contributed by atoms with Crippen molar-refractivity contribution in [2.45, 2.75) is 37.5 Å². The molecule has 0 spiro atoms. The normalized spacial score (nSPS) is 13.2. The molecule has 2 aromatic carbocycles. The fraction of sp³-hybridized carbons (Fsp3) is 0.222.